The second-order valence-electron chi connectivity index (χ2n) is 8.24. The maximum absolute atomic E-state index is 4.96. The maximum atomic E-state index is 4.96. The third-order valence-electron chi connectivity index (χ3n) is 6.17. The molecule has 1 atom stereocenters. The van der Waals surface area contributed by atoms with Gasteiger partial charge in [-0.05, 0) is 37.7 Å². The molecule has 158 valence electrons. The Labute approximate surface area is 184 Å². The Hall–Kier alpha value is -2.94. The van der Waals surface area contributed by atoms with Gasteiger partial charge in [-0.3, -0.25) is 4.98 Å². The molecule has 4 aromatic rings. The molecule has 6 rings (SSSR count). The standard InChI is InChI=1S/C22H24N8S/c1-2-17-26-18-8-7-13(12-30(18)29-17)25-21-19-14-5-3-4-6-16(14)31-22(19)28-20(27-21)15-11-23-9-10-24-15/h9-11,13H,2-8,12H2,1H3,(H,25,27,28). The number of hydrogen-bond donors (Lipinski definition) is 1. The van der Waals surface area contributed by atoms with E-state index < -0.39 is 0 Å². The van der Waals surface area contributed by atoms with Gasteiger partial charge in [0, 0.05) is 36.2 Å². The predicted octanol–water partition coefficient (Wildman–Crippen LogP) is 3.61. The van der Waals surface area contributed by atoms with Crippen molar-refractivity contribution in [3.63, 3.8) is 0 Å². The highest BCUT2D eigenvalue weighted by Gasteiger charge is 2.26. The van der Waals surface area contributed by atoms with Crippen molar-refractivity contribution in [2.45, 2.75) is 64.5 Å². The number of fused-ring (bicyclic) bond motifs is 4. The lowest BCUT2D eigenvalue weighted by atomic mass is 9.97. The topological polar surface area (TPSA) is 94.3 Å². The van der Waals surface area contributed by atoms with Crippen LogP contribution in [0.5, 0.6) is 0 Å². The Balaban J connectivity index is 1.41. The zero-order chi connectivity index (χ0) is 20.8. The molecule has 1 aliphatic heterocycles. The highest BCUT2D eigenvalue weighted by Crippen LogP contribution is 2.40. The summed E-state index contributed by atoms with van der Waals surface area (Å²) in [5, 5.41) is 9.62. The Kier molecular flexibility index (Phi) is 4.63. The first-order valence-corrected chi connectivity index (χ1v) is 11.9. The van der Waals surface area contributed by atoms with E-state index in [1.54, 1.807) is 18.6 Å². The Morgan fingerprint density at radius 1 is 1.13 bits per heavy atom. The van der Waals surface area contributed by atoms with Gasteiger partial charge in [0.15, 0.2) is 11.6 Å². The fraction of sp³-hybridized carbons (Fsp3) is 0.455. The first kappa shape index (κ1) is 18.8. The Morgan fingerprint density at radius 2 is 2.06 bits per heavy atom. The number of aryl methyl sites for hydroxylation is 4. The van der Waals surface area contributed by atoms with Crippen molar-refractivity contribution in [3.05, 3.63) is 40.7 Å². The predicted molar refractivity (Wildman–Crippen MR) is 120 cm³/mol. The van der Waals surface area contributed by atoms with E-state index in [9.17, 15) is 0 Å². The van der Waals surface area contributed by atoms with Gasteiger partial charge in [0.2, 0.25) is 0 Å². The minimum absolute atomic E-state index is 0.255. The number of aromatic nitrogens is 7. The van der Waals surface area contributed by atoms with E-state index >= 15 is 0 Å². The van der Waals surface area contributed by atoms with Gasteiger partial charge in [0.25, 0.3) is 0 Å². The van der Waals surface area contributed by atoms with Crippen molar-refractivity contribution in [2.24, 2.45) is 0 Å². The fourth-order valence-corrected chi connectivity index (χ4v) is 5.87. The first-order valence-electron chi connectivity index (χ1n) is 11.1. The molecule has 9 heteroatoms. The van der Waals surface area contributed by atoms with Gasteiger partial charge < -0.3 is 5.32 Å². The molecule has 0 amide bonds. The number of hydrogen-bond acceptors (Lipinski definition) is 8. The minimum Gasteiger partial charge on any atom is -0.365 e. The summed E-state index contributed by atoms with van der Waals surface area (Å²) in [7, 11) is 0. The van der Waals surface area contributed by atoms with Crippen LogP contribution in [0.15, 0.2) is 18.6 Å². The van der Waals surface area contributed by atoms with Crippen LogP contribution in [0, 0.1) is 0 Å². The average Bonchev–Trinajstić information content (AvgIpc) is 3.40. The molecule has 31 heavy (non-hydrogen) atoms. The molecule has 2 aliphatic rings. The number of rotatable bonds is 4. The van der Waals surface area contributed by atoms with Crippen LogP contribution in [-0.2, 0) is 32.2 Å². The molecule has 1 aliphatic carbocycles. The normalized spacial score (nSPS) is 18.0. The smallest absolute Gasteiger partial charge is 0.183 e. The van der Waals surface area contributed by atoms with Crippen molar-refractivity contribution >= 4 is 27.4 Å². The van der Waals surface area contributed by atoms with E-state index in [2.05, 4.69) is 37.0 Å². The molecular weight excluding hydrogens is 408 g/mol. The van der Waals surface area contributed by atoms with E-state index in [1.165, 1.54) is 28.7 Å². The lowest BCUT2D eigenvalue weighted by Crippen LogP contribution is -2.32. The largest absolute Gasteiger partial charge is 0.365 e. The first-order chi connectivity index (χ1) is 15.3. The number of nitrogens with zero attached hydrogens (tertiary/aromatic N) is 7. The molecule has 5 heterocycles. The summed E-state index contributed by atoms with van der Waals surface area (Å²) in [5.41, 5.74) is 2.14. The fourth-order valence-electron chi connectivity index (χ4n) is 4.61. The van der Waals surface area contributed by atoms with Crippen LogP contribution in [-0.4, -0.2) is 40.7 Å². The summed E-state index contributed by atoms with van der Waals surface area (Å²) in [5.74, 6) is 3.58. The Bertz CT molecular complexity index is 1250. The van der Waals surface area contributed by atoms with Crippen molar-refractivity contribution in [3.8, 4) is 11.5 Å². The van der Waals surface area contributed by atoms with E-state index in [0.29, 0.717) is 11.5 Å². The van der Waals surface area contributed by atoms with Crippen LogP contribution in [0.4, 0.5) is 5.82 Å². The highest BCUT2D eigenvalue weighted by molar-refractivity contribution is 7.19. The van der Waals surface area contributed by atoms with Crippen LogP contribution >= 0.6 is 11.3 Å². The molecule has 8 nitrogen and oxygen atoms in total. The SMILES string of the molecule is CCc1nc2n(n1)CC(Nc1nc(-c3cnccn3)nc3sc4c(c13)CCCC4)CC2. The molecule has 0 spiro atoms. The van der Waals surface area contributed by atoms with E-state index in [4.69, 9.17) is 9.97 Å². The van der Waals surface area contributed by atoms with Crippen LogP contribution < -0.4 is 5.32 Å². The molecule has 1 N–H and O–H groups in total. The van der Waals surface area contributed by atoms with E-state index in [0.717, 1.165) is 60.9 Å². The lowest BCUT2D eigenvalue weighted by Gasteiger charge is -2.25. The van der Waals surface area contributed by atoms with Gasteiger partial charge in [-0.1, -0.05) is 6.92 Å². The maximum Gasteiger partial charge on any atom is 0.183 e. The third kappa shape index (κ3) is 3.37. The van der Waals surface area contributed by atoms with Crippen LogP contribution in [0.3, 0.4) is 0 Å². The van der Waals surface area contributed by atoms with Gasteiger partial charge in [0.1, 0.15) is 22.2 Å². The number of thiophene rings is 1. The summed E-state index contributed by atoms with van der Waals surface area (Å²) in [6, 6.07) is 0.255. The van der Waals surface area contributed by atoms with Crippen LogP contribution in [0.2, 0.25) is 0 Å². The average molecular weight is 433 g/mol. The molecule has 0 radical (unpaired) electrons. The van der Waals surface area contributed by atoms with Crippen LogP contribution in [0.1, 0.15) is 48.3 Å². The number of nitrogens with one attached hydrogen (secondary N) is 1. The highest BCUT2D eigenvalue weighted by atomic mass is 32.1. The second kappa shape index (κ2) is 7.64. The summed E-state index contributed by atoms with van der Waals surface area (Å²) < 4.78 is 2.06. The van der Waals surface area contributed by atoms with E-state index in [-0.39, 0.29) is 6.04 Å². The molecule has 0 saturated carbocycles. The summed E-state index contributed by atoms with van der Waals surface area (Å²) in [6.45, 7) is 2.91. The minimum atomic E-state index is 0.255. The van der Waals surface area contributed by atoms with Crippen molar-refractivity contribution in [1.29, 1.82) is 0 Å². The Morgan fingerprint density at radius 3 is 2.94 bits per heavy atom. The van der Waals surface area contributed by atoms with Gasteiger partial charge in [-0.25, -0.2) is 24.6 Å². The van der Waals surface area contributed by atoms with Crippen molar-refractivity contribution < 1.29 is 0 Å². The van der Waals surface area contributed by atoms with Crippen molar-refractivity contribution in [1.82, 2.24) is 34.7 Å². The molecule has 1 unspecified atom stereocenters. The number of anilines is 1. The van der Waals surface area contributed by atoms with Gasteiger partial charge in [-0.15, -0.1) is 11.3 Å². The molecule has 0 bridgehead atoms. The molecule has 0 aromatic carbocycles. The van der Waals surface area contributed by atoms with Crippen LogP contribution in [0.25, 0.3) is 21.7 Å². The van der Waals surface area contributed by atoms with Gasteiger partial charge >= 0.3 is 0 Å². The molecule has 0 fully saturated rings. The summed E-state index contributed by atoms with van der Waals surface area (Å²) in [4.78, 5) is 25.7. The zero-order valence-corrected chi connectivity index (χ0v) is 18.3. The van der Waals surface area contributed by atoms with Crippen molar-refractivity contribution in [2.75, 3.05) is 5.32 Å². The van der Waals surface area contributed by atoms with Gasteiger partial charge in [0.05, 0.1) is 18.1 Å². The van der Waals surface area contributed by atoms with Gasteiger partial charge in [-0.2, -0.15) is 5.10 Å². The second-order valence-corrected chi connectivity index (χ2v) is 9.32. The summed E-state index contributed by atoms with van der Waals surface area (Å²) >= 11 is 1.81. The zero-order valence-electron chi connectivity index (χ0n) is 17.5. The third-order valence-corrected chi connectivity index (χ3v) is 7.35. The summed E-state index contributed by atoms with van der Waals surface area (Å²) in [6.07, 6.45) is 12.6. The molecule has 4 aromatic heterocycles. The molecule has 0 saturated heterocycles. The lowest BCUT2D eigenvalue weighted by molar-refractivity contribution is 0.440. The van der Waals surface area contributed by atoms with E-state index in [1.807, 2.05) is 11.3 Å². The molecular formula is C22H24N8S. The quantitative estimate of drug-likeness (QED) is 0.526. The monoisotopic (exact) mass is 432 g/mol.